The van der Waals surface area contributed by atoms with E-state index in [1.807, 2.05) is 31.2 Å². The summed E-state index contributed by atoms with van der Waals surface area (Å²) in [5.74, 6) is 0.0393. The fourth-order valence-corrected chi connectivity index (χ4v) is 4.98. The molecule has 27 heavy (non-hydrogen) atoms. The van der Waals surface area contributed by atoms with E-state index in [1.54, 1.807) is 4.90 Å². The van der Waals surface area contributed by atoms with Crippen LogP contribution in [-0.2, 0) is 27.3 Å². The Labute approximate surface area is 158 Å². The lowest BCUT2D eigenvalue weighted by Crippen LogP contribution is -2.43. The molecule has 4 aliphatic rings. The molecule has 1 N–H and O–H groups in total. The molecule has 2 fully saturated rings. The molecule has 0 radical (unpaired) electrons. The molecule has 4 heterocycles. The van der Waals surface area contributed by atoms with E-state index in [0.29, 0.717) is 19.6 Å². The molecule has 6 nitrogen and oxygen atoms in total. The minimum Gasteiger partial charge on any atom is -0.493 e. The van der Waals surface area contributed by atoms with E-state index in [-0.39, 0.29) is 17.9 Å². The third-order valence-electron chi connectivity index (χ3n) is 6.30. The zero-order valence-electron chi connectivity index (χ0n) is 15.4. The number of aryl methyl sites for hydroxylation is 1. The predicted molar refractivity (Wildman–Crippen MR) is 98.1 cm³/mol. The molecule has 1 aromatic rings. The maximum atomic E-state index is 13.0. The van der Waals surface area contributed by atoms with Gasteiger partial charge < -0.3 is 19.7 Å². The second-order valence-electron chi connectivity index (χ2n) is 7.86. The third kappa shape index (κ3) is 2.50. The maximum Gasteiger partial charge on any atom is 0.230 e. The number of carbonyl (C=O) groups is 2. The Hall–Kier alpha value is -2.34. The lowest BCUT2D eigenvalue weighted by atomic mass is 9.77. The van der Waals surface area contributed by atoms with Crippen LogP contribution >= 0.6 is 0 Å². The largest absolute Gasteiger partial charge is 0.493 e. The van der Waals surface area contributed by atoms with Crippen molar-refractivity contribution in [3.63, 3.8) is 0 Å². The van der Waals surface area contributed by atoms with Crippen molar-refractivity contribution >= 4 is 11.8 Å². The fourth-order valence-electron chi connectivity index (χ4n) is 4.98. The molecule has 5 rings (SSSR count). The number of benzene rings is 1. The summed E-state index contributed by atoms with van der Waals surface area (Å²) in [7, 11) is 0. The van der Waals surface area contributed by atoms with Crippen molar-refractivity contribution in [2.45, 2.75) is 38.0 Å². The van der Waals surface area contributed by atoms with Gasteiger partial charge >= 0.3 is 0 Å². The van der Waals surface area contributed by atoms with Crippen LogP contribution in [0, 0.1) is 11.8 Å². The predicted octanol–water partition coefficient (Wildman–Crippen LogP) is 1.43. The second-order valence-corrected chi connectivity index (χ2v) is 7.86. The number of hydrogen-bond acceptors (Lipinski definition) is 4. The van der Waals surface area contributed by atoms with E-state index in [9.17, 15) is 9.59 Å². The van der Waals surface area contributed by atoms with Crippen LogP contribution in [0.3, 0.4) is 0 Å². The lowest BCUT2D eigenvalue weighted by molar-refractivity contribution is -0.137. The quantitative estimate of drug-likeness (QED) is 0.817. The van der Waals surface area contributed by atoms with E-state index in [4.69, 9.17) is 9.47 Å². The Morgan fingerprint density at radius 1 is 1.41 bits per heavy atom. The molecular formula is C21H24N2O4. The maximum absolute atomic E-state index is 13.0. The summed E-state index contributed by atoms with van der Waals surface area (Å²) in [5.41, 5.74) is 1.64. The molecule has 0 unspecified atom stereocenters. The van der Waals surface area contributed by atoms with Gasteiger partial charge in [0.1, 0.15) is 11.4 Å². The van der Waals surface area contributed by atoms with E-state index in [0.717, 1.165) is 30.8 Å². The summed E-state index contributed by atoms with van der Waals surface area (Å²) >= 11 is 0. The Kier molecular flexibility index (Phi) is 3.79. The van der Waals surface area contributed by atoms with Crippen LogP contribution in [-0.4, -0.2) is 48.1 Å². The Morgan fingerprint density at radius 2 is 2.30 bits per heavy atom. The second kappa shape index (κ2) is 6.09. The molecule has 0 aromatic heterocycles. The highest BCUT2D eigenvalue weighted by Crippen LogP contribution is 2.51. The van der Waals surface area contributed by atoms with Crippen LogP contribution in [0.1, 0.15) is 24.5 Å². The smallest absolute Gasteiger partial charge is 0.230 e. The summed E-state index contributed by atoms with van der Waals surface area (Å²) < 4.78 is 11.7. The van der Waals surface area contributed by atoms with Crippen molar-refractivity contribution in [2.75, 3.05) is 19.7 Å². The average Bonchev–Trinajstić information content (AvgIpc) is 3.34. The minimum atomic E-state index is -0.608. The van der Waals surface area contributed by atoms with E-state index in [2.05, 4.69) is 11.4 Å². The van der Waals surface area contributed by atoms with Crippen molar-refractivity contribution in [3.8, 4) is 5.75 Å². The normalized spacial score (nSPS) is 33.0. The zero-order chi connectivity index (χ0) is 18.6. The van der Waals surface area contributed by atoms with Crippen molar-refractivity contribution in [1.82, 2.24) is 10.2 Å². The number of amides is 2. The van der Waals surface area contributed by atoms with Crippen LogP contribution in [0.2, 0.25) is 0 Å². The monoisotopic (exact) mass is 368 g/mol. The van der Waals surface area contributed by atoms with Crippen molar-refractivity contribution < 1.29 is 19.1 Å². The van der Waals surface area contributed by atoms with Crippen LogP contribution in [0.25, 0.3) is 0 Å². The molecule has 1 aromatic carbocycles. The van der Waals surface area contributed by atoms with Gasteiger partial charge in [-0.3, -0.25) is 9.59 Å². The molecule has 0 aliphatic carbocycles. The summed E-state index contributed by atoms with van der Waals surface area (Å²) in [6.45, 7) is 4.37. The molecule has 2 bridgehead atoms. The van der Waals surface area contributed by atoms with Crippen LogP contribution in [0.4, 0.5) is 0 Å². The first-order chi connectivity index (χ1) is 13.1. The number of likely N-dealkylation sites (N-methyl/N-ethyl adjacent to an activating group) is 1. The van der Waals surface area contributed by atoms with Crippen LogP contribution < -0.4 is 10.1 Å². The van der Waals surface area contributed by atoms with Crippen molar-refractivity contribution in [3.05, 3.63) is 41.5 Å². The average molecular weight is 368 g/mol. The number of fused-ring (bicyclic) bond motifs is 2. The summed E-state index contributed by atoms with van der Waals surface area (Å²) in [5, 5.41) is 3.03. The van der Waals surface area contributed by atoms with Gasteiger partial charge in [0.25, 0.3) is 0 Å². The Balaban J connectivity index is 1.30. The first kappa shape index (κ1) is 16.8. The fraction of sp³-hybridized carbons (Fsp3) is 0.524. The number of likely N-dealkylation sites (tertiary alicyclic amines) is 1. The van der Waals surface area contributed by atoms with Gasteiger partial charge in [0.2, 0.25) is 11.8 Å². The van der Waals surface area contributed by atoms with E-state index in [1.165, 1.54) is 5.56 Å². The summed E-state index contributed by atoms with van der Waals surface area (Å²) in [6.07, 6.45) is 5.67. The SMILES string of the molecule is CCN1C[C@@]23C=C[C@@H](O2)[C@@H](C(=O)NCc2ccc4c(c2)CCCO4)[C@@H]3C1=O. The summed E-state index contributed by atoms with van der Waals surface area (Å²) in [6, 6.07) is 6.07. The van der Waals surface area contributed by atoms with Crippen LogP contribution in [0.15, 0.2) is 30.4 Å². The first-order valence-corrected chi connectivity index (χ1v) is 9.79. The van der Waals surface area contributed by atoms with Crippen LogP contribution in [0.5, 0.6) is 5.75 Å². The third-order valence-corrected chi connectivity index (χ3v) is 6.30. The highest BCUT2D eigenvalue weighted by Gasteiger charge is 2.66. The van der Waals surface area contributed by atoms with Gasteiger partial charge in [0.15, 0.2) is 0 Å². The molecular weight excluding hydrogens is 344 g/mol. The molecule has 142 valence electrons. The van der Waals surface area contributed by atoms with Gasteiger partial charge in [-0.25, -0.2) is 0 Å². The first-order valence-electron chi connectivity index (χ1n) is 9.79. The zero-order valence-corrected chi connectivity index (χ0v) is 15.4. The molecule has 0 saturated carbocycles. The minimum absolute atomic E-state index is 0.0374. The van der Waals surface area contributed by atoms with Gasteiger partial charge in [-0.2, -0.15) is 0 Å². The molecule has 2 amide bonds. The topological polar surface area (TPSA) is 67.9 Å². The number of ether oxygens (including phenoxy) is 2. The number of hydrogen-bond donors (Lipinski definition) is 1. The van der Waals surface area contributed by atoms with E-state index >= 15 is 0 Å². The van der Waals surface area contributed by atoms with E-state index < -0.39 is 17.4 Å². The molecule has 6 heteroatoms. The summed E-state index contributed by atoms with van der Waals surface area (Å²) in [4.78, 5) is 27.5. The van der Waals surface area contributed by atoms with Crippen molar-refractivity contribution in [2.24, 2.45) is 11.8 Å². The highest BCUT2D eigenvalue weighted by molar-refractivity contribution is 5.93. The molecule has 2 saturated heterocycles. The molecule has 4 atom stereocenters. The Morgan fingerprint density at radius 3 is 3.15 bits per heavy atom. The van der Waals surface area contributed by atoms with Crippen molar-refractivity contribution in [1.29, 1.82) is 0 Å². The number of nitrogens with zero attached hydrogens (tertiary/aromatic N) is 1. The highest BCUT2D eigenvalue weighted by atomic mass is 16.5. The lowest BCUT2D eigenvalue weighted by Gasteiger charge is -2.23. The standard InChI is InChI=1S/C21H24N2O4/c1-2-23-12-21-8-7-16(27-21)17(18(21)20(23)25)19(24)22-11-13-5-6-15-14(10-13)4-3-9-26-15/h5-8,10,16-18H,2-4,9,11-12H2,1H3,(H,22,24)/t16-,17-,18-,21-/m1/s1. The molecule has 4 aliphatic heterocycles. The van der Waals surface area contributed by atoms with Gasteiger partial charge in [-0.15, -0.1) is 0 Å². The van der Waals surface area contributed by atoms with Gasteiger partial charge in [0, 0.05) is 13.1 Å². The molecule has 1 spiro atoms. The number of nitrogens with one attached hydrogen (secondary N) is 1. The van der Waals surface area contributed by atoms with Gasteiger partial charge in [0.05, 0.1) is 31.1 Å². The van der Waals surface area contributed by atoms with Gasteiger partial charge in [-0.1, -0.05) is 24.3 Å². The van der Waals surface area contributed by atoms with Gasteiger partial charge in [-0.05, 0) is 37.0 Å². The number of rotatable bonds is 4. The number of carbonyl (C=O) groups excluding carboxylic acids is 2. The Bertz CT molecular complexity index is 835.